The van der Waals surface area contributed by atoms with Gasteiger partial charge in [-0.15, -0.1) is 13.2 Å². The van der Waals surface area contributed by atoms with E-state index in [1.165, 1.54) is 11.1 Å². The molecule has 0 fully saturated rings. The maximum atomic E-state index is 10.4. The summed E-state index contributed by atoms with van der Waals surface area (Å²) in [4.78, 5) is 2.21. The molecule has 0 aliphatic rings. The molecule has 0 saturated carbocycles. The number of aliphatic hydroxyl groups is 1. The Bertz CT molecular complexity index is 593. The molecule has 1 N–H and O–H groups in total. The van der Waals surface area contributed by atoms with Gasteiger partial charge in [0.1, 0.15) is 0 Å². The van der Waals surface area contributed by atoms with Gasteiger partial charge < -0.3 is 5.11 Å². The van der Waals surface area contributed by atoms with Crippen LogP contribution in [-0.2, 0) is 0 Å². The molecule has 2 rings (SSSR count). The molecule has 2 nitrogen and oxygen atoms in total. The van der Waals surface area contributed by atoms with E-state index < -0.39 is 6.10 Å². The van der Waals surface area contributed by atoms with Crippen LogP contribution in [0.2, 0.25) is 0 Å². The Labute approximate surface area is 139 Å². The maximum absolute atomic E-state index is 10.4. The minimum absolute atomic E-state index is 0.447. The third-order valence-electron chi connectivity index (χ3n) is 3.90. The van der Waals surface area contributed by atoms with Gasteiger partial charge in [-0.2, -0.15) is 0 Å². The summed E-state index contributed by atoms with van der Waals surface area (Å²) >= 11 is 0. The van der Waals surface area contributed by atoms with Crippen LogP contribution < -0.4 is 0 Å². The number of hydrogen-bond acceptors (Lipinski definition) is 2. The van der Waals surface area contributed by atoms with Gasteiger partial charge in [-0.3, -0.25) is 4.90 Å². The zero-order valence-electron chi connectivity index (χ0n) is 13.6. The van der Waals surface area contributed by atoms with Crippen LogP contribution >= 0.6 is 0 Å². The Morgan fingerprint density at radius 3 is 2.00 bits per heavy atom. The fourth-order valence-corrected chi connectivity index (χ4v) is 2.62. The van der Waals surface area contributed by atoms with E-state index in [9.17, 15) is 5.11 Å². The van der Waals surface area contributed by atoms with E-state index >= 15 is 0 Å². The van der Waals surface area contributed by atoms with Crippen molar-refractivity contribution in [2.45, 2.75) is 12.5 Å². The molecule has 1 atom stereocenters. The minimum Gasteiger partial charge on any atom is -0.388 e. The van der Waals surface area contributed by atoms with E-state index in [2.05, 4.69) is 42.3 Å². The van der Waals surface area contributed by atoms with Crippen molar-refractivity contribution in [3.8, 4) is 11.1 Å². The maximum Gasteiger partial charge on any atom is 0.0802 e. The molecule has 120 valence electrons. The smallest absolute Gasteiger partial charge is 0.0802 e. The first-order valence-corrected chi connectivity index (χ1v) is 8.02. The van der Waals surface area contributed by atoms with Crippen LogP contribution in [-0.4, -0.2) is 29.6 Å². The lowest BCUT2D eigenvalue weighted by molar-refractivity contribution is 0.148. The van der Waals surface area contributed by atoms with Crippen molar-refractivity contribution in [1.82, 2.24) is 4.90 Å². The van der Waals surface area contributed by atoms with Gasteiger partial charge >= 0.3 is 0 Å². The summed E-state index contributed by atoms with van der Waals surface area (Å²) in [5, 5.41) is 10.4. The van der Waals surface area contributed by atoms with E-state index in [0.29, 0.717) is 6.42 Å². The van der Waals surface area contributed by atoms with Crippen molar-refractivity contribution >= 4 is 0 Å². The van der Waals surface area contributed by atoms with Crippen molar-refractivity contribution < 1.29 is 5.11 Å². The standard InChI is InChI=1S/C21H25NO/c1-3-15-22(16-4-2)17-14-21(23)20-12-10-19(11-13-20)18-8-6-5-7-9-18/h3-13,21,23H,1-2,14-17H2. The van der Waals surface area contributed by atoms with Gasteiger partial charge in [-0.05, 0) is 23.1 Å². The summed E-state index contributed by atoms with van der Waals surface area (Å²) < 4.78 is 0. The van der Waals surface area contributed by atoms with E-state index in [4.69, 9.17) is 0 Å². The molecule has 23 heavy (non-hydrogen) atoms. The Hall–Kier alpha value is -2.16. The van der Waals surface area contributed by atoms with Crippen molar-refractivity contribution in [2.24, 2.45) is 0 Å². The van der Waals surface area contributed by atoms with Crippen LogP contribution in [0.1, 0.15) is 18.1 Å². The van der Waals surface area contributed by atoms with E-state index in [-0.39, 0.29) is 0 Å². The molecule has 1 unspecified atom stereocenters. The fourth-order valence-electron chi connectivity index (χ4n) is 2.62. The molecule has 2 heteroatoms. The van der Waals surface area contributed by atoms with Crippen molar-refractivity contribution in [3.05, 3.63) is 85.5 Å². The van der Waals surface area contributed by atoms with Gasteiger partial charge in [0.25, 0.3) is 0 Å². The molecule has 0 aliphatic carbocycles. The van der Waals surface area contributed by atoms with Crippen LogP contribution in [0.5, 0.6) is 0 Å². The number of hydrogen-bond donors (Lipinski definition) is 1. The number of nitrogens with zero attached hydrogens (tertiary/aromatic N) is 1. The van der Waals surface area contributed by atoms with Gasteiger partial charge in [-0.25, -0.2) is 0 Å². The lowest BCUT2D eigenvalue weighted by Crippen LogP contribution is -2.26. The summed E-state index contributed by atoms with van der Waals surface area (Å²) in [6.07, 6.45) is 4.01. The van der Waals surface area contributed by atoms with Crippen molar-refractivity contribution in [1.29, 1.82) is 0 Å². The van der Waals surface area contributed by atoms with Crippen molar-refractivity contribution in [3.63, 3.8) is 0 Å². The van der Waals surface area contributed by atoms with Gasteiger partial charge in [-0.1, -0.05) is 66.7 Å². The Morgan fingerprint density at radius 1 is 0.870 bits per heavy atom. The molecule has 0 aromatic heterocycles. The van der Waals surface area contributed by atoms with Gasteiger partial charge in [0, 0.05) is 19.6 Å². The molecule has 0 aliphatic heterocycles. The monoisotopic (exact) mass is 307 g/mol. The number of aliphatic hydroxyl groups excluding tert-OH is 1. The average Bonchev–Trinajstić information content (AvgIpc) is 2.61. The largest absolute Gasteiger partial charge is 0.388 e. The van der Waals surface area contributed by atoms with Crippen LogP contribution in [0.25, 0.3) is 11.1 Å². The fraction of sp³-hybridized carbons (Fsp3) is 0.238. The van der Waals surface area contributed by atoms with Crippen molar-refractivity contribution in [2.75, 3.05) is 19.6 Å². The first-order chi connectivity index (χ1) is 11.2. The SMILES string of the molecule is C=CCN(CC=C)CCC(O)c1ccc(-c2ccccc2)cc1. The first kappa shape index (κ1) is 17.2. The molecule has 0 amide bonds. The van der Waals surface area contributed by atoms with E-state index in [0.717, 1.165) is 25.2 Å². The molecular formula is C21H25NO. The highest BCUT2D eigenvalue weighted by atomic mass is 16.3. The Morgan fingerprint density at radius 2 is 1.43 bits per heavy atom. The summed E-state index contributed by atoms with van der Waals surface area (Å²) in [5.74, 6) is 0. The molecule has 0 saturated heterocycles. The summed E-state index contributed by atoms with van der Waals surface area (Å²) in [7, 11) is 0. The minimum atomic E-state index is -0.447. The predicted octanol–water partition coefficient (Wildman–Crippen LogP) is 4.45. The second-order valence-electron chi connectivity index (χ2n) is 5.63. The lowest BCUT2D eigenvalue weighted by atomic mass is 10.0. The molecule has 2 aromatic rings. The predicted molar refractivity (Wildman–Crippen MR) is 98.3 cm³/mol. The molecule has 0 bridgehead atoms. The first-order valence-electron chi connectivity index (χ1n) is 8.02. The highest BCUT2D eigenvalue weighted by Crippen LogP contribution is 2.23. The van der Waals surface area contributed by atoms with Gasteiger partial charge in [0.05, 0.1) is 6.10 Å². The zero-order chi connectivity index (χ0) is 16.5. The lowest BCUT2D eigenvalue weighted by Gasteiger charge is -2.20. The summed E-state index contributed by atoms with van der Waals surface area (Å²) in [6.45, 7) is 9.98. The number of rotatable bonds is 9. The molecular weight excluding hydrogens is 282 g/mol. The van der Waals surface area contributed by atoms with Crippen LogP contribution in [0.15, 0.2) is 79.9 Å². The topological polar surface area (TPSA) is 23.5 Å². The summed E-state index contributed by atoms with van der Waals surface area (Å²) in [5.41, 5.74) is 3.32. The Balaban J connectivity index is 1.96. The second kappa shape index (κ2) is 9.09. The highest BCUT2D eigenvalue weighted by molar-refractivity contribution is 5.63. The van der Waals surface area contributed by atoms with Gasteiger partial charge in [0.15, 0.2) is 0 Å². The van der Waals surface area contributed by atoms with Crippen LogP contribution in [0.4, 0.5) is 0 Å². The van der Waals surface area contributed by atoms with Gasteiger partial charge in [0.2, 0.25) is 0 Å². The molecule has 2 aromatic carbocycles. The zero-order valence-corrected chi connectivity index (χ0v) is 13.6. The van der Waals surface area contributed by atoms with Crippen LogP contribution in [0, 0.1) is 0 Å². The third-order valence-corrected chi connectivity index (χ3v) is 3.90. The average molecular weight is 307 g/mol. The van der Waals surface area contributed by atoms with E-state index in [1.54, 1.807) is 0 Å². The molecule has 0 spiro atoms. The normalized spacial score (nSPS) is 12.1. The van der Waals surface area contributed by atoms with E-state index in [1.807, 2.05) is 42.5 Å². The highest BCUT2D eigenvalue weighted by Gasteiger charge is 2.10. The molecule has 0 heterocycles. The molecule has 0 radical (unpaired) electrons. The quantitative estimate of drug-likeness (QED) is 0.692. The van der Waals surface area contributed by atoms with Crippen LogP contribution in [0.3, 0.4) is 0 Å². The Kier molecular flexibility index (Phi) is 6.79. The second-order valence-corrected chi connectivity index (χ2v) is 5.63. The number of benzene rings is 2. The third kappa shape index (κ3) is 5.20. The summed E-state index contributed by atoms with van der Waals surface area (Å²) in [6, 6.07) is 18.4.